The number of hydrogen-bond donors (Lipinski definition) is 2. The molecule has 19 heavy (non-hydrogen) atoms. The summed E-state index contributed by atoms with van der Waals surface area (Å²) < 4.78 is 10.7. The molecule has 0 aliphatic rings. The summed E-state index contributed by atoms with van der Waals surface area (Å²) in [6.07, 6.45) is 0. The topological polar surface area (TPSA) is 87.6 Å². The lowest BCUT2D eigenvalue weighted by Crippen LogP contribution is -2.10. The van der Waals surface area contributed by atoms with Crippen molar-refractivity contribution in [2.45, 2.75) is 0 Å². The van der Waals surface area contributed by atoms with Crippen LogP contribution in [-0.4, -0.2) is 13.0 Å². The molecule has 0 unspecified atom stereocenters. The van der Waals surface area contributed by atoms with Crippen molar-refractivity contribution in [2.75, 3.05) is 12.8 Å². The van der Waals surface area contributed by atoms with E-state index in [2.05, 4.69) is 0 Å². The summed E-state index contributed by atoms with van der Waals surface area (Å²) >= 11 is 0. The molecule has 2 aromatic rings. The highest BCUT2D eigenvalue weighted by molar-refractivity contribution is 5.93. The van der Waals surface area contributed by atoms with Gasteiger partial charge >= 0.3 is 0 Å². The number of ether oxygens (including phenoxy) is 2. The summed E-state index contributed by atoms with van der Waals surface area (Å²) in [5, 5.41) is 0. The van der Waals surface area contributed by atoms with Gasteiger partial charge in [0.15, 0.2) is 0 Å². The Morgan fingerprint density at radius 3 is 2.47 bits per heavy atom. The van der Waals surface area contributed by atoms with E-state index in [-0.39, 0.29) is 0 Å². The highest BCUT2D eigenvalue weighted by Crippen LogP contribution is 2.28. The van der Waals surface area contributed by atoms with Crippen LogP contribution in [-0.2, 0) is 0 Å². The molecule has 5 nitrogen and oxygen atoms in total. The fourth-order valence-corrected chi connectivity index (χ4v) is 1.62. The summed E-state index contributed by atoms with van der Waals surface area (Å²) in [5.74, 6) is 1.12. The molecule has 0 radical (unpaired) electrons. The monoisotopic (exact) mass is 258 g/mol. The Hall–Kier alpha value is -2.69. The molecule has 0 saturated heterocycles. The largest absolute Gasteiger partial charge is 0.497 e. The van der Waals surface area contributed by atoms with E-state index in [4.69, 9.17) is 20.9 Å². The summed E-state index contributed by atoms with van der Waals surface area (Å²) in [4.78, 5) is 11.1. The molecule has 0 aliphatic heterocycles. The number of methoxy groups -OCH3 is 1. The van der Waals surface area contributed by atoms with Gasteiger partial charge in [-0.15, -0.1) is 0 Å². The molecule has 0 saturated carbocycles. The summed E-state index contributed by atoms with van der Waals surface area (Å²) in [7, 11) is 1.55. The standard InChI is InChI=1S/C14H14N2O3/c1-18-12-6-10(15)7-13(8-12)19-11-4-2-3-9(5-11)14(16)17/h2-8H,15H2,1H3,(H2,16,17). The first-order valence-electron chi connectivity index (χ1n) is 5.61. The predicted octanol–water partition coefficient (Wildman–Crippen LogP) is 2.17. The van der Waals surface area contributed by atoms with Gasteiger partial charge < -0.3 is 20.9 Å². The molecule has 0 aliphatic carbocycles. The van der Waals surface area contributed by atoms with E-state index in [0.29, 0.717) is 28.5 Å². The average molecular weight is 258 g/mol. The number of nitrogen functional groups attached to an aromatic ring is 1. The van der Waals surface area contributed by atoms with E-state index < -0.39 is 5.91 Å². The molecule has 0 aromatic heterocycles. The lowest BCUT2D eigenvalue weighted by atomic mass is 10.2. The fourth-order valence-electron chi connectivity index (χ4n) is 1.62. The van der Waals surface area contributed by atoms with Crippen LogP contribution in [0, 0.1) is 0 Å². The number of carbonyl (C=O) groups excluding carboxylic acids is 1. The van der Waals surface area contributed by atoms with E-state index in [1.54, 1.807) is 49.6 Å². The quantitative estimate of drug-likeness (QED) is 0.823. The number of amides is 1. The minimum atomic E-state index is -0.504. The Balaban J connectivity index is 2.28. The number of anilines is 1. The third-order valence-electron chi connectivity index (χ3n) is 2.49. The fraction of sp³-hybridized carbons (Fsp3) is 0.0714. The van der Waals surface area contributed by atoms with E-state index in [0.717, 1.165) is 0 Å². The Morgan fingerprint density at radius 2 is 1.79 bits per heavy atom. The highest BCUT2D eigenvalue weighted by Gasteiger charge is 2.05. The van der Waals surface area contributed by atoms with Crippen molar-refractivity contribution < 1.29 is 14.3 Å². The lowest BCUT2D eigenvalue weighted by Gasteiger charge is -2.09. The molecule has 5 heteroatoms. The smallest absolute Gasteiger partial charge is 0.248 e. The van der Waals surface area contributed by atoms with Crippen LogP contribution >= 0.6 is 0 Å². The van der Waals surface area contributed by atoms with Crippen LogP contribution in [0.15, 0.2) is 42.5 Å². The van der Waals surface area contributed by atoms with Gasteiger partial charge in [-0.2, -0.15) is 0 Å². The molecule has 2 rings (SSSR count). The van der Waals surface area contributed by atoms with Crippen LogP contribution in [0.1, 0.15) is 10.4 Å². The first-order valence-corrected chi connectivity index (χ1v) is 5.61. The number of primary amides is 1. The Bertz CT molecular complexity index is 611. The Labute approximate surface area is 110 Å². The molecule has 98 valence electrons. The van der Waals surface area contributed by atoms with Crippen LogP contribution < -0.4 is 20.9 Å². The number of rotatable bonds is 4. The zero-order valence-corrected chi connectivity index (χ0v) is 10.4. The van der Waals surface area contributed by atoms with Gasteiger partial charge in [0, 0.05) is 29.4 Å². The van der Waals surface area contributed by atoms with Gasteiger partial charge in [0.05, 0.1) is 7.11 Å². The SMILES string of the molecule is COc1cc(N)cc(Oc2cccc(C(N)=O)c2)c1. The molecule has 0 fully saturated rings. The van der Waals surface area contributed by atoms with E-state index in [9.17, 15) is 4.79 Å². The van der Waals surface area contributed by atoms with Crippen molar-refractivity contribution in [3.05, 3.63) is 48.0 Å². The zero-order chi connectivity index (χ0) is 13.8. The van der Waals surface area contributed by atoms with Crippen molar-refractivity contribution >= 4 is 11.6 Å². The van der Waals surface area contributed by atoms with Gasteiger partial charge in [-0.05, 0) is 18.2 Å². The average Bonchev–Trinajstić information content (AvgIpc) is 2.38. The van der Waals surface area contributed by atoms with Gasteiger partial charge in [0.25, 0.3) is 0 Å². The predicted molar refractivity (Wildman–Crippen MR) is 72.4 cm³/mol. The molecule has 0 heterocycles. The first kappa shape index (κ1) is 12.8. The van der Waals surface area contributed by atoms with Crippen molar-refractivity contribution in [3.8, 4) is 17.2 Å². The van der Waals surface area contributed by atoms with Gasteiger partial charge in [-0.25, -0.2) is 0 Å². The number of benzene rings is 2. The molecule has 0 bridgehead atoms. The van der Waals surface area contributed by atoms with Crippen molar-refractivity contribution in [3.63, 3.8) is 0 Å². The normalized spacial score (nSPS) is 9.95. The first-order chi connectivity index (χ1) is 9.08. The van der Waals surface area contributed by atoms with Crippen LogP contribution in [0.5, 0.6) is 17.2 Å². The molecule has 1 amide bonds. The van der Waals surface area contributed by atoms with Gasteiger partial charge in [0.2, 0.25) is 5.91 Å². The molecule has 0 spiro atoms. The second-order valence-corrected chi connectivity index (χ2v) is 3.94. The highest BCUT2D eigenvalue weighted by atomic mass is 16.5. The third-order valence-corrected chi connectivity index (χ3v) is 2.49. The van der Waals surface area contributed by atoms with E-state index >= 15 is 0 Å². The lowest BCUT2D eigenvalue weighted by molar-refractivity contribution is 0.1000. The van der Waals surface area contributed by atoms with Crippen LogP contribution in [0.4, 0.5) is 5.69 Å². The Kier molecular flexibility index (Phi) is 3.56. The second-order valence-electron chi connectivity index (χ2n) is 3.94. The molecular formula is C14H14N2O3. The van der Waals surface area contributed by atoms with Crippen molar-refractivity contribution in [2.24, 2.45) is 5.73 Å². The zero-order valence-electron chi connectivity index (χ0n) is 10.4. The summed E-state index contributed by atoms with van der Waals surface area (Å²) in [5.41, 5.74) is 11.9. The molecule has 2 aromatic carbocycles. The van der Waals surface area contributed by atoms with Crippen molar-refractivity contribution in [1.29, 1.82) is 0 Å². The maximum Gasteiger partial charge on any atom is 0.248 e. The summed E-state index contributed by atoms with van der Waals surface area (Å²) in [6.45, 7) is 0. The third kappa shape index (κ3) is 3.16. The van der Waals surface area contributed by atoms with Gasteiger partial charge in [0.1, 0.15) is 17.2 Å². The van der Waals surface area contributed by atoms with Crippen LogP contribution in [0.25, 0.3) is 0 Å². The maximum atomic E-state index is 11.1. The molecule has 4 N–H and O–H groups in total. The van der Waals surface area contributed by atoms with Crippen LogP contribution in [0.2, 0.25) is 0 Å². The minimum absolute atomic E-state index is 0.383. The van der Waals surface area contributed by atoms with Gasteiger partial charge in [-0.1, -0.05) is 6.07 Å². The van der Waals surface area contributed by atoms with Crippen LogP contribution in [0.3, 0.4) is 0 Å². The van der Waals surface area contributed by atoms with Gasteiger partial charge in [-0.3, -0.25) is 4.79 Å². The van der Waals surface area contributed by atoms with E-state index in [1.165, 1.54) is 0 Å². The molecular weight excluding hydrogens is 244 g/mol. The molecule has 0 atom stereocenters. The minimum Gasteiger partial charge on any atom is -0.497 e. The summed E-state index contributed by atoms with van der Waals surface area (Å²) in [6, 6.07) is 11.7. The number of nitrogens with two attached hydrogens (primary N) is 2. The Morgan fingerprint density at radius 1 is 1.05 bits per heavy atom. The van der Waals surface area contributed by atoms with Crippen molar-refractivity contribution in [1.82, 2.24) is 0 Å². The second kappa shape index (κ2) is 5.30. The maximum absolute atomic E-state index is 11.1. The number of hydrogen-bond acceptors (Lipinski definition) is 4. The number of carbonyl (C=O) groups is 1. The van der Waals surface area contributed by atoms with E-state index in [1.807, 2.05) is 0 Å².